The van der Waals surface area contributed by atoms with Crippen LogP contribution < -0.4 is 4.72 Å². The van der Waals surface area contributed by atoms with Gasteiger partial charge in [-0.3, -0.25) is 9.78 Å². The average Bonchev–Trinajstić information content (AvgIpc) is 2.82. The van der Waals surface area contributed by atoms with Crippen molar-refractivity contribution in [1.29, 1.82) is 0 Å². The molecule has 0 aromatic carbocycles. The van der Waals surface area contributed by atoms with Crippen molar-refractivity contribution < 1.29 is 17.9 Å². The first-order valence-electron chi connectivity index (χ1n) is 5.10. The lowest BCUT2D eigenvalue weighted by molar-refractivity contribution is -0.146. The molecule has 8 heteroatoms. The molecule has 0 unspecified atom stereocenters. The number of carbonyl (C=O) groups is 1. The highest BCUT2D eigenvalue weighted by Gasteiger charge is 2.54. The molecule has 2 rings (SSSR count). The van der Waals surface area contributed by atoms with E-state index < -0.39 is 21.5 Å². The zero-order valence-electron chi connectivity index (χ0n) is 9.17. The summed E-state index contributed by atoms with van der Waals surface area (Å²) in [6, 6.07) is 0. The molecule has 0 atom stereocenters. The molecule has 6 nitrogen and oxygen atoms in total. The van der Waals surface area contributed by atoms with Crippen LogP contribution in [0.5, 0.6) is 0 Å². The molecule has 0 saturated heterocycles. The number of esters is 1. The molecule has 1 aliphatic rings. The molecule has 0 aliphatic heterocycles. The number of thiazole rings is 1. The van der Waals surface area contributed by atoms with E-state index in [-0.39, 0.29) is 10.8 Å². The van der Waals surface area contributed by atoms with Crippen LogP contribution in [0.3, 0.4) is 0 Å². The maximum Gasteiger partial charge on any atom is 0.327 e. The first-order valence-corrected chi connectivity index (χ1v) is 7.46. The lowest BCUT2D eigenvalue weighted by Crippen LogP contribution is -2.43. The van der Waals surface area contributed by atoms with Crippen LogP contribution in [0.15, 0.2) is 15.9 Å². The van der Waals surface area contributed by atoms with Gasteiger partial charge in [-0.25, -0.2) is 8.42 Å². The normalized spacial score (nSPS) is 17.7. The van der Waals surface area contributed by atoms with Gasteiger partial charge in [0.25, 0.3) is 10.0 Å². The van der Waals surface area contributed by atoms with Crippen molar-refractivity contribution in [2.45, 2.75) is 29.5 Å². The highest BCUT2D eigenvalue weighted by atomic mass is 32.2. The van der Waals surface area contributed by atoms with Crippen molar-refractivity contribution in [3.8, 4) is 0 Å². The van der Waals surface area contributed by atoms with Gasteiger partial charge >= 0.3 is 5.97 Å². The van der Waals surface area contributed by atoms with E-state index in [2.05, 4.69) is 9.71 Å². The number of nitrogens with one attached hydrogen (secondary N) is 1. The van der Waals surface area contributed by atoms with E-state index in [1.807, 2.05) is 0 Å². The standard InChI is InChI=1S/C9H12N2O4S2/c1-2-15-8(12)9(3-4-9)11-17(13,14)7-5-10-6-16-7/h5-6,11H,2-4H2,1H3. The first kappa shape index (κ1) is 12.5. The Balaban J connectivity index is 2.14. The minimum atomic E-state index is -3.67. The molecular weight excluding hydrogens is 264 g/mol. The van der Waals surface area contributed by atoms with Gasteiger partial charge in [-0.1, -0.05) is 0 Å². The third-order valence-corrected chi connectivity index (χ3v) is 5.23. The van der Waals surface area contributed by atoms with Crippen molar-refractivity contribution in [3.63, 3.8) is 0 Å². The number of carbonyl (C=O) groups excluding carboxylic acids is 1. The van der Waals surface area contributed by atoms with Gasteiger partial charge in [-0.15, -0.1) is 11.3 Å². The van der Waals surface area contributed by atoms with Gasteiger partial charge in [0.05, 0.1) is 18.3 Å². The van der Waals surface area contributed by atoms with Crippen LogP contribution in [0.1, 0.15) is 19.8 Å². The van der Waals surface area contributed by atoms with E-state index >= 15 is 0 Å². The molecule has 1 aliphatic carbocycles. The van der Waals surface area contributed by atoms with Crippen molar-refractivity contribution in [1.82, 2.24) is 9.71 Å². The molecule has 1 heterocycles. The second-order valence-corrected chi connectivity index (χ2v) is 6.52. The highest BCUT2D eigenvalue weighted by molar-refractivity contribution is 7.91. The number of hydrogen-bond acceptors (Lipinski definition) is 6. The van der Waals surface area contributed by atoms with Crippen LogP contribution in [-0.4, -0.2) is 31.5 Å². The molecule has 1 N–H and O–H groups in total. The molecule has 1 fully saturated rings. The van der Waals surface area contributed by atoms with Crippen molar-refractivity contribution in [3.05, 3.63) is 11.7 Å². The van der Waals surface area contributed by atoms with Gasteiger partial charge in [-0.05, 0) is 19.8 Å². The summed E-state index contributed by atoms with van der Waals surface area (Å²) in [6.45, 7) is 1.93. The summed E-state index contributed by atoms with van der Waals surface area (Å²) in [5.41, 5.74) is 0.372. The van der Waals surface area contributed by atoms with Crippen LogP contribution in [0.25, 0.3) is 0 Å². The molecule has 17 heavy (non-hydrogen) atoms. The van der Waals surface area contributed by atoms with Gasteiger partial charge in [0.2, 0.25) is 0 Å². The summed E-state index contributed by atoms with van der Waals surface area (Å²) in [5, 5.41) is 0. The van der Waals surface area contributed by atoms with E-state index in [1.54, 1.807) is 6.92 Å². The molecule has 0 spiro atoms. The SMILES string of the molecule is CCOC(=O)C1(NS(=O)(=O)c2cncs2)CC1. The van der Waals surface area contributed by atoms with Gasteiger partial charge in [0.15, 0.2) is 4.21 Å². The van der Waals surface area contributed by atoms with Crippen LogP contribution in [0.2, 0.25) is 0 Å². The Labute approximate surface area is 103 Å². The van der Waals surface area contributed by atoms with Crippen molar-refractivity contribution in [2.75, 3.05) is 6.61 Å². The smallest absolute Gasteiger partial charge is 0.327 e. The van der Waals surface area contributed by atoms with E-state index in [9.17, 15) is 13.2 Å². The van der Waals surface area contributed by atoms with Crippen LogP contribution in [0, 0.1) is 0 Å². The average molecular weight is 276 g/mol. The Morgan fingerprint density at radius 2 is 2.35 bits per heavy atom. The van der Waals surface area contributed by atoms with Gasteiger partial charge in [0, 0.05) is 0 Å². The minimum absolute atomic E-state index is 0.105. The second kappa shape index (κ2) is 4.35. The summed E-state index contributed by atoms with van der Waals surface area (Å²) in [5.74, 6) is -0.506. The zero-order valence-corrected chi connectivity index (χ0v) is 10.8. The van der Waals surface area contributed by atoms with Gasteiger partial charge < -0.3 is 4.74 Å². The zero-order chi connectivity index (χ0) is 12.5. The van der Waals surface area contributed by atoms with Crippen LogP contribution in [0.4, 0.5) is 0 Å². The second-order valence-electron chi connectivity index (χ2n) is 3.73. The van der Waals surface area contributed by atoms with Gasteiger partial charge in [0.1, 0.15) is 5.54 Å². The number of ether oxygens (including phenoxy) is 1. The molecule has 1 aromatic heterocycles. The summed E-state index contributed by atoms with van der Waals surface area (Å²) < 4.78 is 31.2. The Bertz CT molecular complexity index is 505. The minimum Gasteiger partial charge on any atom is -0.465 e. The maximum atomic E-state index is 11.9. The first-order chi connectivity index (χ1) is 8.00. The molecule has 0 radical (unpaired) electrons. The highest BCUT2D eigenvalue weighted by Crippen LogP contribution is 2.38. The Morgan fingerprint density at radius 1 is 1.65 bits per heavy atom. The number of sulfonamides is 1. The maximum absolute atomic E-state index is 11.9. The summed E-state index contributed by atoms with van der Waals surface area (Å²) >= 11 is 1.01. The van der Waals surface area contributed by atoms with E-state index in [4.69, 9.17) is 4.74 Å². The Hall–Kier alpha value is -0.990. The number of rotatable bonds is 5. The Kier molecular flexibility index (Phi) is 3.19. The summed E-state index contributed by atoms with van der Waals surface area (Å²) in [4.78, 5) is 15.3. The van der Waals surface area contributed by atoms with E-state index in [1.165, 1.54) is 11.7 Å². The third kappa shape index (κ3) is 2.48. The van der Waals surface area contributed by atoms with Crippen molar-refractivity contribution >= 4 is 27.3 Å². The number of nitrogens with zero attached hydrogens (tertiary/aromatic N) is 1. The lowest BCUT2D eigenvalue weighted by Gasteiger charge is -2.14. The predicted molar refractivity (Wildman–Crippen MR) is 61.0 cm³/mol. The van der Waals surface area contributed by atoms with E-state index in [0.717, 1.165) is 11.3 Å². The van der Waals surface area contributed by atoms with Crippen molar-refractivity contribution in [2.24, 2.45) is 0 Å². The quantitative estimate of drug-likeness (QED) is 0.792. The molecular formula is C9H12N2O4S2. The fourth-order valence-corrected chi connectivity index (χ4v) is 3.60. The lowest BCUT2D eigenvalue weighted by atomic mass is 10.3. The van der Waals surface area contributed by atoms with E-state index in [0.29, 0.717) is 12.8 Å². The molecule has 1 aromatic rings. The third-order valence-electron chi connectivity index (χ3n) is 2.42. The fraction of sp³-hybridized carbons (Fsp3) is 0.556. The molecule has 0 amide bonds. The van der Waals surface area contributed by atoms with Gasteiger partial charge in [-0.2, -0.15) is 4.72 Å². The summed E-state index contributed by atoms with van der Waals surface area (Å²) in [6.07, 6.45) is 2.21. The van der Waals surface area contributed by atoms with Crippen LogP contribution in [-0.2, 0) is 19.6 Å². The summed E-state index contributed by atoms with van der Waals surface area (Å²) in [7, 11) is -3.67. The topological polar surface area (TPSA) is 85.4 Å². The molecule has 94 valence electrons. The fourth-order valence-electron chi connectivity index (χ4n) is 1.39. The predicted octanol–water partition coefficient (Wildman–Crippen LogP) is 0.517. The monoisotopic (exact) mass is 276 g/mol. The molecule has 0 bridgehead atoms. The number of aromatic nitrogens is 1. The molecule has 1 saturated carbocycles. The Morgan fingerprint density at radius 3 is 2.82 bits per heavy atom. The van der Waals surface area contributed by atoms with Crippen LogP contribution >= 0.6 is 11.3 Å². The largest absolute Gasteiger partial charge is 0.465 e. The number of hydrogen-bond donors (Lipinski definition) is 1.